The fourth-order valence-corrected chi connectivity index (χ4v) is 5.66. The van der Waals surface area contributed by atoms with Gasteiger partial charge in [0.25, 0.3) is 5.91 Å². The zero-order valence-corrected chi connectivity index (χ0v) is 19.9. The molecule has 0 bridgehead atoms. The lowest BCUT2D eigenvalue weighted by Crippen LogP contribution is -2.45. The molecule has 2 aromatic heterocycles. The van der Waals surface area contributed by atoms with Crippen LogP contribution in [0.2, 0.25) is 0 Å². The van der Waals surface area contributed by atoms with Gasteiger partial charge in [-0.3, -0.25) is 9.36 Å². The van der Waals surface area contributed by atoms with Crippen LogP contribution in [-0.4, -0.2) is 62.5 Å². The summed E-state index contributed by atoms with van der Waals surface area (Å²) in [5.41, 5.74) is 2.34. The van der Waals surface area contributed by atoms with Crippen molar-refractivity contribution in [2.45, 2.75) is 11.3 Å². The fraction of sp³-hybridized carbons (Fsp3) is 0.269. The minimum atomic E-state index is -1.25. The number of likely N-dealkylation sites (tertiary alicyclic amines) is 1. The van der Waals surface area contributed by atoms with E-state index in [9.17, 15) is 13.7 Å². The van der Waals surface area contributed by atoms with Crippen molar-refractivity contribution in [2.75, 3.05) is 32.6 Å². The van der Waals surface area contributed by atoms with E-state index in [1.54, 1.807) is 53.7 Å². The third-order valence-electron chi connectivity index (χ3n) is 6.91. The summed E-state index contributed by atoms with van der Waals surface area (Å²) < 4.78 is 33.7. The molecule has 1 amide bonds. The van der Waals surface area contributed by atoms with E-state index in [1.807, 2.05) is 17.0 Å². The Morgan fingerprint density at radius 3 is 2.60 bits per heavy atom. The smallest absolute Gasteiger partial charge is 0.253 e. The fourth-order valence-electron chi connectivity index (χ4n) is 4.92. The predicted octanol–water partition coefficient (Wildman–Crippen LogP) is 3.83. The van der Waals surface area contributed by atoms with Gasteiger partial charge in [0.1, 0.15) is 12.1 Å². The molecule has 0 radical (unpaired) electrons. The van der Waals surface area contributed by atoms with Crippen LogP contribution in [0.5, 0.6) is 0 Å². The lowest BCUT2D eigenvalue weighted by molar-refractivity contribution is -0.103. The molecule has 1 spiro atoms. The molecule has 2 aliphatic rings. The van der Waals surface area contributed by atoms with Gasteiger partial charge in [-0.05, 0) is 41.9 Å². The van der Waals surface area contributed by atoms with Gasteiger partial charge in [-0.2, -0.15) is 0 Å². The zero-order valence-electron chi connectivity index (χ0n) is 19.1. The molecule has 9 heteroatoms. The Hall–Kier alpha value is -3.27. The Bertz CT molecular complexity index is 1430. The van der Waals surface area contributed by atoms with Gasteiger partial charge in [0.15, 0.2) is 4.90 Å². The number of ether oxygens (including phenoxy) is 1. The van der Waals surface area contributed by atoms with Crippen molar-refractivity contribution in [3.05, 3.63) is 72.4 Å². The normalized spacial score (nSPS) is 17.6. The van der Waals surface area contributed by atoms with Crippen LogP contribution in [0.4, 0.5) is 4.39 Å². The Morgan fingerprint density at radius 2 is 1.94 bits per heavy atom. The van der Waals surface area contributed by atoms with Gasteiger partial charge in [-0.15, -0.1) is 0 Å². The second-order valence-corrected chi connectivity index (χ2v) is 10.6. The molecule has 35 heavy (non-hydrogen) atoms. The lowest BCUT2D eigenvalue weighted by Gasteiger charge is -2.37. The highest BCUT2D eigenvalue weighted by molar-refractivity contribution is 7.91. The highest BCUT2D eigenvalue weighted by Crippen LogP contribution is 2.38. The van der Waals surface area contributed by atoms with E-state index in [0.717, 1.165) is 11.8 Å². The summed E-state index contributed by atoms with van der Waals surface area (Å²) in [5.74, 6) is -0.0271. The van der Waals surface area contributed by atoms with Crippen LogP contribution in [0.25, 0.3) is 28.0 Å². The molecule has 2 aromatic carbocycles. The maximum Gasteiger partial charge on any atom is 0.253 e. The number of amides is 1. The number of benzene rings is 2. The van der Waals surface area contributed by atoms with Crippen molar-refractivity contribution in [1.82, 2.24) is 19.4 Å². The van der Waals surface area contributed by atoms with Gasteiger partial charge in [0.05, 0.1) is 30.3 Å². The lowest BCUT2D eigenvalue weighted by atomic mass is 9.85. The molecule has 1 atom stereocenters. The van der Waals surface area contributed by atoms with E-state index in [0.29, 0.717) is 59.4 Å². The number of hydrogen-bond donors (Lipinski definition) is 0. The summed E-state index contributed by atoms with van der Waals surface area (Å²) >= 11 is -1.25. The van der Waals surface area contributed by atoms with Gasteiger partial charge >= 0.3 is 0 Å². The first-order valence-electron chi connectivity index (χ1n) is 11.4. The first kappa shape index (κ1) is 22.2. The largest absolute Gasteiger partial charge is 0.612 e. The van der Waals surface area contributed by atoms with Gasteiger partial charge in [-0.25, -0.2) is 14.4 Å². The van der Waals surface area contributed by atoms with Crippen LogP contribution in [-0.2, 0) is 15.9 Å². The van der Waals surface area contributed by atoms with Gasteiger partial charge in [0, 0.05) is 47.6 Å². The molecule has 4 aromatic rings. The molecule has 2 fully saturated rings. The molecular weight excluding hydrogens is 467 g/mol. The van der Waals surface area contributed by atoms with Crippen molar-refractivity contribution in [2.24, 2.45) is 5.41 Å². The summed E-state index contributed by atoms with van der Waals surface area (Å²) in [6, 6.07) is 11.9. The summed E-state index contributed by atoms with van der Waals surface area (Å²) in [5, 5.41) is 0.773. The van der Waals surface area contributed by atoms with Crippen LogP contribution in [0.1, 0.15) is 16.8 Å². The number of carbonyl (C=O) groups excluding carboxylic acids is 1. The number of rotatable bonds is 4. The SMILES string of the molecule is C[S+]([O-])c1cn(-c2ncc(-c3ccccc3F)cn2)c2cc(C(=O)N3CCC4(COC4)C3)ccc12. The van der Waals surface area contributed by atoms with Crippen LogP contribution < -0.4 is 0 Å². The van der Waals surface area contributed by atoms with Crippen molar-refractivity contribution in [3.63, 3.8) is 0 Å². The zero-order chi connectivity index (χ0) is 24.2. The third kappa shape index (κ3) is 3.80. The van der Waals surface area contributed by atoms with E-state index in [1.165, 1.54) is 6.07 Å². The Kier molecular flexibility index (Phi) is 5.36. The standard InChI is InChI=1S/C26H23FN4O3S/c1-35(33)23-13-31(25-28-11-18(12-29-25)19-4-2-3-5-21(19)27)22-10-17(6-7-20(22)23)24(32)30-9-8-26(14-30)15-34-16-26/h2-7,10-13H,8-9,14-16H2,1H3. The maximum absolute atomic E-state index is 14.2. The summed E-state index contributed by atoms with van der Waals surface area (Å²) in [6.45, 7) is 2.84. The molecule has 0 aliphatic carbocycles. The molecule has 0 N–H and O–H groups in total. The second-order valence-electron chi connectivity index (χ2n) is 9.27. The van der Waals surface area contributed by atoms with E-state index in [4.69, 9.17) is 4.74 Å². The topological polar surface area (TPSA) is 83.3 Å². The molecule has 0 saturated carbocycles. The molecule has 4 heterocycles. The number of fused-ring (bicyclic) bond motifs is 1. The molecular formula is C26H23FN4O3S. The van der Waals surface area contributed by atoms with Gasteiger partial charge < -0.3 is 14.2 Å². The average molecular weight is 491 g/mol. The summed E-state index contributed by atoms with van der Waals surface area (Å²) in [4.78, 5) is 24.7. The van der Waals surface area contributed by atoms with Gasteiger partial charge in [0.2, 0.25) is 5.95 Å². The number of nitrogens with zero attached hydrogens (tertiary/aromatic N) is 4. The van der Waals surface area contributed by atoms with Crippen LogP contribution in [0.15, 0.2) is 66.0 Å². The van der Waals surface area contributed by atoms with E-state index in [2.05, 4.69) is 9.97 Å². The third-order valence-corrected chi connectivity index (χ3v) is 7.85. The maximum atomic E-state index is 14.2. The molecule has 7 nitrogen and oxygen atoms in total. The van der Waals surface area contributed by atoms with Gasteiger partial charge in [-0.1, -0.05) is 18.2 Å². The molecule has 178 valence electrons. The van der Waals surface area contributed by atoms with Crippen LogP contribution >= 0.6 is 0 Å². The van der Waals surface area contributed by atoms with Crippen molar-refractivity contribution < 1.29 is 18.5 Å². The quantitative estimate of drug-likeness (QED) is 0.406. The Labute approximate surface area is 204 Å². The summed E-state index contributed by atoms with van der Waals surface area (Å²) in [6.07, 6.45) is 7.44. The first-order chi connectivity index (χ1) is 16.9. The molecule has 2 aliphatic heterocycles. The van der Waals surface area contributed by atoms with Crippen molar-refractivity contribution in [1.29, 1.82) is 0 Å². The Balaban J connectivity index is 1.38. The van der Waals surface area contributed by atoms with E-state index in [-0.39, 0.29) is 17.1 Å². The van der Waals surface area contributed by atoms with E-state index >= 15 is 0 Å². The minimum Gasteiger partial charge on any atom is -0.612 e. The summed E-state index contributed by atoms with van der Waals surface area (Å²) in [7, 11) is 0. The Morgan fingerprint density at radius 1 is 1.17 bits per heavy atom. The van der Waals surface area contributed by atoms with Crippen LogP contribution in [0.3, 0.4) is 0 Å². The van der Waals surface area contributed by atoms with E-state index < -0.39 is 11.2 Å². The highest BCUT2D eigenvalue weighted by Gasteiger charge is 2.45. The highest BCUT2D eigenvalue weighted by atomic mass is 32.2. The number of hydrogen-bond acceptors (Lipinski definition) is 5. The van der Waals surface area contributed by atoms with Crippen LogP contribution in [0, 0.1) is 11.2 Å². The monoisotopic (exact) mass is 490 g/mol. The van der Waals surface area contributed by atoms with Crippen molar-refractivity contribution >= 4 is 28.0 Å². The average Bonchev–Trinajstić information content (AvgIpc) is 3.47. The predicted molar refractivity (Wildman–Crippen MR) is 130 cm³/mol. The molecule has 2 saturated heterocycles. The number of carbonyl (C=O) groups is 1. The second kappa shape index (κ2) is 8.44. The number of aromatic nitrogens is 3. The number of halogens is 1. The minimum absolute atomic E-state index is 0.0292. The van der Waals surface area contributed by atoms with Crippen molar-refractivity contribution in [3.8, 4) is 17.1 Å². The first-order valence-corrected chi connectivity index (χ1v) is 12.9. The molecule has 1 unspecified atom stereocenters. The molecule has 6 rings (SSSR count).